The van der Waals surface area contributed by atoms with Crippen LogP contribution in [-0.2, 0) is 19.4 Å². The van der Waals surface area contributed by atoms with Crippen molar-refractivity contribution >= 4 is 22.9 Å². The number of hydrogen-bond acceptors (Lipinski definition) is 5. The van der Waals surface area contributed by atoms with Gasteiger partial charge in [0.05, 0.1) is 10.7 Å². The highest BCUT2D eigenvalue weighted by Gasteiger charge is 2.19. The van der Waals surface area contributed by atoms with Crippen LogP contribution in [-0.4, -0.2) is 25.7 Å². The Bertz CT molecular complexity index is 1020. The summed E-state index contributed by atoms with van der Waals surface area (Å²) in [4.78, 5) is 18.0. The number of thiazole rings is 1. The molecule has 0 aliphatic carbocycles. The van der Waals surface area contributed by atoms with Gasteiger partial charge in [0.1, 0.15) is 10.7 Å². The fourth-order valence-electron chi connectivity index (χ4n) is 3.59. The van der Waals surface area contributed by atoms with E-state index in [0.29, 0.717) is 4.88 Å². The molecule has 1 N–H and O–H groups in total. The molecular weight excluding hydrogens is 370 g/mol. The average molecular weight is 396 g/mol. The fourth-order valence-corrected chi connectivity index (χ4v) is 4.49. The minimum Gasteiger partial charge on any atom is -0.321 e. The van der Waals surface area contributed by atoms with E-state index in [9.17, 15) is 4.79 Å². The average Bonchev–Trinajstić information content (AvgIpc) is 3.19. The van der Waals surface area contributed by atoms with Gasteiger partial charge in [-0.1, -0.05) is 25.5 Å². The highest BCUT2D eigenvalue weighted by molar-refractivity contribution is 7.13. The van der Waals surface area contributed by atoms with Crippen molar-refractivity contribution in [3.63, 3.8) is 0 Å². The van der Waals surface area contributed by atoms with Crippen molar-refractivity contribution in [3.05, 3.63) is 45.2 Å². The molecule has 0 bridgehead atoms. The van der Waals surface area contributed by atoms with Gasteiger partial charge in [0, 0.05) is 24.2 Å². The van der Waals surface area contributed by atoms with E-state index >= 15 is 0 Å². The maximum atomic E-state index is 12.8. The van der Waals surface area contributed by atoms with Gasteiger partial charge in [-0.3, -0.25) is 4.79 Å². The highest BCUT2D eigenvalue weighted by Crippen LogP contribution is 2.28. The molecule has 0 radical (unpaired) electrons. The molecule has 1 aliphatic heterocycles. The van der Waals surface area contributed by atoms with Crippen LogP contribution in [0.25, 0.3) is 11.4 Å². The summed E-state index contributed by atoms with van der Waals surface area (Å²) in [6.07, 6.45) is 5.36. The maximum absolute atomic E-state index is 12.8. The molecule has 1 amide bonds. The van der Waals surface area contributed by atoms with Crippen LogP contribution in [0.15, 0.2) is 18.2 Å². The summed E-state index contributed by atoms with van der Waals surface area (Å²) in [7, 11) is 0. The highest BCUT2D eigenvalue weighted by atomic mass is 32.1. The van der Waals surface area contributed by atoms with Crippen molar-refractivity contribution in [1.82, 2.24) is 19.7 Å². The Kier molecular flexibility index (Phi) is 5.26. The van der Waals surface area contributed by atoms with Gasteiger partial charge in [0.15, 0.2) is 5.82 Å². The molecule has 0 atom stereocenters. The molecule has 0 saturated heterocycles. The van der Waals surface area contributed by atoms with Crippen molar-refractivity contribution in [3.8, 4) is 11.4 Å². The Labute approximate surface area is 169 Å². The first-order valence-corrected chi connectivity index (χ1v) is 10.7. The van der Waals surface area contributed by atoms with E-state index in [1.165, 1.54) is 24.2 Å². The van der Waals surface area contributed by atoms with Crippen molar-refractivity contribution in [2.24, 2.45) is 0 Å². The van der Waals surface area contributed by atoms with Crippen LogP contribution in [0.3, 0.4) is 0 Å². The number of carbonyl (C=O) groups is 1. The predicted octanol–water partition coefficient (Wildman–Crippen LogP) is 4.56. The molecule has 1 aliphatic rings. The Morgan fingerprint density at radius 3 is 2.86 bits per heavy atom. The number of benzene rings is 1. The standard InChI is InChI=1S/C21H25N5OS/c1-4-18-22-14(3)19(28-18)21(27)23-16-12-15(10-9-13(16)2)20-25-24-17-8-6-5-7-11-26(17)20/h9-10,12H,4-8,11H2,1-3H3,(H,23,27). The van der Waals surface area contributed by atoms with E-state index in [4.69, 9.17) is 0 Å². The summed E-state index contributed by atoms with van der Waals surface area (Å²) < 4.78 is 2.23. The van der Waals surface area contributed by atoms with Gasteiger partial charge in [-0.05, 0) is 44.7 Å². The molecule has 0 fully saturated rings. The largest absolute Gasteiger partial charge is 0.321 e. The summed E-state index contributed by atoms with van der Waals surface area (Å²) in [5, 5.41) is 12.9. The summed E-state index contributed by atoms with van der Waals surface area (Å²) in [6.45, 7) is 6.89. The molecule has 3 aromatic rings. The number of amides is 1. The van der Waals surface area contributed by atoms with E-state index in [-0.39, 0.29) is 5.91 Å². The van der Waals surface area contributed by atoms with Gasteiger partial charge in [-0.15, -0.1) is 21.5 Å². The fraction of sp³-hybridized carbons (Fsp3) is 0.429. The number of aromatic nitrogens is 4. The zero-order valence-electron chi connectivity index (χ0n) is 16.6. The number of fused-ring (bicyclic) bond motifs is 1. The van der Waals surface area contributed by atoms with E-state index in [0.717, 1.165) is 65.0 Å². The van der Waals surface area contributed by atoms with Crippen LogP contribution < -0.4 is 5.32 Å². The van der Waals surface area contributed by atoms with E-state index in [1.54, 1.807) is 0 Å². The van der Waals surface area contributed by atoms with Crippen LogP contribution in [0.2, 0.25) is 0 Å². The molecule has 3 heterocycles. The monoisotopic (exact) mass is 395 g/mol. The first kappa shape index (κ1) is 18.8. The summed E-state index contributed by atoms with van der Waals surface area (Å²) in [5.74, 6) is 1.84. The lowest BCUT2D eigenvalue weighted by atomic mass is 10.1. The molecule has 2 aromatic heterocycles. The molecule has 4 rings (SSSR count). The normalized spacial score (nSPS) is 13.8. The Hall–Kier alpha value is -2.54. The van der Waals surface area contributed by atoms with Crippen molar-refractivity contribution in [1.29, 1.82) is 0 Å². The minimum absolute atomic E-state index is 0.102. The van der Waals surface area contributed by atoms with E-state index in [1.807, 2.05) is 26.0 Å². The molecular formula is C21H25N5OS. The molecule has 28 heavy (non-hydrogen) atoms. The lowest BCUT2D eigenvalue weighted by Gasteiger charge is -2.11. The zero-order valence-corrected chi connectivity index (χ0v) is 17.4. The number of carbonyl (C=O) groups excluding carboxylic acids is 1. The molecule has 0 spiro atoms. The maximum Gasteiger partial charge on any atom is 0.267 e. The number of nitrogens with one attached hydrogen (secondary N) is 1. The second-order valence-electron chi connectivity index (χ2n) is 7.26. The van der Waals surface area contributed by atoms with Gasteiger partial charge >= 0.3 is 0 Å². The molecule has 0 unspecified atom stereocenters. The van der Waals surface area contributed by atoms with Crippen LogP contribution in [0.1, 0.15) is 57.9 Å². The summed E-state index contributed by atoms with van der Waals surface area (Å²) >= 11 is 1.47. The summed E-state index contributed by atoms with van der Waals surface area (Å²) in [6, 6.07) is 6.09. The number of hydrogen-bond donors (Lipinski definition) is 1. The van der Waals surface area contributed by atoms with Crippen molar-refractivity contribution < 1.29 is 4.79 Å². The number of anilines is 1. The Balaban J connectivity index is 1.64. The summed E-state index contributed by atoms with van der Waals surface area (Å²) in [5.41, 5.74) is 3.60. The first-order chi connectivity index (χ1) is 13.6. The second-order valence-corrected chi connectivity index (χ2v) is 8.35. The number of rotatable bonds is 4. The van der Waals surface area contributed by atoms with Gasteiger partial charge in [0.25, 0.3) is 5.91 Å². The molecule has 0 saturated carbocycles. The lowest BCUT2D eigenvalue weighted by Crippen LogP contribution is -2.12. The predicted molar refractivity (Wildman–Crippen MR) is 112 cm³/mol. The third-order valence-corrected chi connectivity index (χ3v) is 6.50. The topological polar surface area (TPSA) is 72.7 Å². The van der Waals surface area contributed by atoms with Gasteiger partial charge in [-0.2, -0.15) is 0 Å². The van der Waals surface area contributed by atoms with Gasteiger partial charge < -0.3 is 9.88 Å². The quantitative estimate of drug-likeness (QED) is 0.703. The first-order valence-electron chi connectivity index (χ1n) is 9.87. The molecule has 146 valence electrons. The Morgan fingerprint density at radius 2 is 2.07 bits per heavy atom. The van der Waals surface area contributed by atoms with Gasteiger partial charge in [0.2, 0.25) is 0 Å². The third-order valence-electron chi connectivity index (χ3n) is 5.20. The van der Waals surface area contributed by atoms with Crippen molar-refractivity contribution in [2.45, 2.75) is 59.4 Å². The minimum atomic E-state index is -0.102. The van der Waals surface area contributed by atoms with Crippen LogP contribution in [0.5, 0.6) is 0 Å². The SMILES string of the molecule is CCc1nc(C)c(C(=O)Nc2cc(-c3nnc4n3CCCCC4)ccc2C)s1. The van der Waals surface area contributed by atoms with Crippen molar-refractivity contribution in [2.75, 3.05) is 5.32 Å². The Morgan fingerprint density at radius 1 is 1.21 bits per heavy atom. The lowest BCUT2D eigenvalue weighted by molar-refractivity contribution is 0.102. The van der Waals surface area contributed by atoms with Crippen LogP contribution in [0.4, 0.5) is 5.69 Å². The zero-order chi connectivity index (χ0) is 19.7. The third kappa shape index (κ3) is 3.58. The number of aryl methyl sites for hydroxylation is 4. The van der Waals surface area contributed by atoms with Crippen LogP contribution in [0, 0.1) is 13.8 Å². The molecule has 6 nitrogen and oxygen atoms in total. The number of nitrogens with zero attached hydrogens (tertiary/aromatic N) is 4. The second kappa shape index (κ2) is 7.83. The van der Waals surface area contributed by atoms with Gasteiger partial charge in [-0.25, -0.2) is 4.98 Å². The van der Waals surface area contributed by atoms with E-state index < -0.39 is 0 Å². The molecule has 7 heteroatoms. The smallest absolute Gasteiger partial charge is 0.267 e. The molecule has 1 aromatic carbocycles. The van der Waals surface area contributed by atoms with E-state index in [2.05, 4.69) is 38.1 Å². The van der Waals surface area contributed by atoms with Crippen LogP contribution >= 0.6 is 11.3 Å².